The number of pyridine rings is 1. The van der Waals surface area contributed by atoms with Crippen LogP contribution in [0.15, 0.2) is 22.9 Å². The molecule has 1 aliphatic heterocycles. The maximum atomic E-state index is 15.1. The van der Waals surface area contributed by atoms with Crippen LogP contribution >= 0.6 is 11.6 Å². The molecule has 1 fully saturated rings. The SMILES string of the molecule is CN1CCC(F)(c2ncc(-c3cc(CO)on3)cc2Cl)CC1. The summed E-state index contributed by atoms with van der Waals surface area (Å²) >= 11 is 6.26. The zero-order valence-corrected chi connectivity index (χ0v) is 13.0. The van der Waals surface area contributed by atoms with E-state index in [1.54, 1.807) is 18.3 Å². The molecule has 0 bridgehead atoms. The molecule has 0 atom stereocenters. The Morgan fingerprint density at radius 2 is 2.14 bits per heavy atom. The zero-order chi connectivity index (χ0) is 15.7. The molecule has 0 saturated carbocycles. The van der Waals surface area contributed by atoms with Gasteiger partial charge in [0.15, 0.2) is 11.4 Å². The molecular weight excluding hydrogens is 309 g/mol. The van der Waals surface area contributed by atoms with E-state index in [0.29, 0.717) is 42.9 Å². The average molecular weight is 326 g/mol. The van der Waals surface area contributed by atoms with Crippen molar-refractivity contribution < 1.29 is 14.0 Å². The highest BCUT2D eigenvalue weighted by Gasteiger charge is 2.38. The first-order chi connectivity index (χ1) is 10.5. The summed E-state index contributed by atoms with van der Waals surface area (Å²) in [5, 5.41) is 13.1. The van der Waals surface area contributed by atoms with Gasteiger partial charge in [-0.2, -0.15) is 0 Å². The topological polar surface area (TPSA) is 62.4 Å². The average Bonchev–Trinajstić information content (AvgIpc) is 2.99. The van der Waals surface area contributed by atoms with E-state index in [2.05, 4.69) is 15.0 Å². The van der Waals surface area contributed by atoms with Gasteiger partial charge in [-0.25, -0.2) is 4.39 Å². The highest BCUT2D eigenvalue weighted by Crippen LogP contribution is 2.39. The molecule has 1 aliphatic rings. The molecule has 1 saturated heterocycles. The molecule has 0 radical (unpaired) electrons. The van der Waals surface area contributed by atoms with Crippen molar-refractivity contribution in [1.29, 1.82) is 0 Å². The Hall–Kier alpha value is -1.50. The Labute approximate surface area is 132 Å². The minimum Gasteiger partial charge on any atom is -0.388 e. The standard InChI is InChI=1S/C15H17ClFN3O2/c1-20-4-2-15(17,3-5-20)14-12(16)6-10(8-18-14)13-7-11(9-21)22-19-13/h6-8,21H,2-5,9H2,1H3. The molecule has 3 heterocycles. The van der Waals surface area contributed by atoms with E-state index in [-0.39, 0.29) is 17.3 Å². The van der Waals surface area contributed by atoms with Crippen LogP contribution in [0.5, 0.6) is 0 Å². The maximum absolute atomic E-state index is 15.1. The summed E-state index contributed by atoms with van der Waals surface area (Å²) in [6.45, 7) is 1.13. The molecule has 3 rings (SSSR count). The second kappa shape index (κ2) is 5.95. The summed E-state index contributed by atoms with van der Waals surface area (Å²) in [5.41, 5.74) is -0.0470. The molecule has 0 spiro atoms. The molecule has 0 amide bonds. The molecule has 2 aromatic heterocycles. The van der Waals surface area contributed by atoms with Gasteiger partial charge in [0.25, 0.3) is 0 Å². The highest BCUT2D eigenvalue weighted by atomic mass is 35.5. The van der Waals surface area contributed by atoms with E-state index in [0.717, 1.165) is 0 Å². The van der Waals surface area contributed by atoms with Crippen molar-refractivity contribution >= 4 is 11.6 Å². The molecule has 5 nitrogen and oxygen atoms in total. The molecule has 7 heteroatoms. The summed E-state index contributed by atoms with van der Waals surface area (Å²) in [5.74, 6) is 0.354. The van der Waals surface area contributed by atoms with Gasteiger partial charge in [0.2, 0.25) is 0 Å². The van der Waals surface area contributed by atoms with E-state index >= 15 is 4.39 Å². The minimum atomic E-state index is -1.48. The van der Waals surface area contributed by atoms with Crippen molar-refractivity contribution in [3.05, 3.63) is 34.8 Å². The third-order valence-electron chi connectivity index (χ3n) is 4.06. The highest BCUT2D eigenvalue weighted by molar-refractivity contribution is 6.31. The van der Waals surface area contributed by atoms with Gasteiger partial charge in [-0.1, -0.05) is 16.8 Å². The largest absolute Gasteiger partial charge is 0.388 e. The number of piperidine rings is 1. The van der Waals surface area contributed by atoms with Crippen LogP contribution in [-0.2, 0) is 12.3 Å². The van der Waals surface area contributed by atoms with Crippen molar-refractivity contribution in [3.8, 4) is 11.3 Å². The van der Waals surface area contributed by atoms with Gasteiger partial charge in [0.05, 0.1) is 10.7 Å². The van der Waals surface area contributed by atoms with E-state index in [9.17, 15) is 0 Å². The number of alkyl halides is 1. The second-order valence-corrected chi connectivity index (χ2v) is 6.07. The van der Waals surface area contributed by atoms with Crippen LogP contribution in [0.1, 0.15) is 24.3 Å². The molecule has 0 aliphatic carbocycles. The lowest BCUT2D eigenvalue weighted by Gasteiger charge is -2.34. The van der Waals surface area contributed by atoms with E-state index in [1.807, 2.05) is 7.05 Å². The maximum Gasteiger partial charge on any atom is 0.162 e. The lowest BCUT2D eigenvalue weighted by Crippen LogP contribution is -2.38. The monoisotopic (exact) mass is 325 g/mol. The number of nitrogens with zero attached hydrogens (tertiary/aromatic N) is 3. The number of likely N-dealkylation sites (tertiary alicyclic amines) is 1. The van der Waals surface area contributed by atoms with Gasteiger partial charge in [-0.15, -0.1) is 0 Å². The van der Waals surface area contributed by atoms with E-state index in [1.165, 1.54) is 0 Å². The lowest BCUT2D eigenvalue weighted by molar-refractivity contribution is 0.0635. The first-order valence-electron chi connectivity index (χ1n) is 7.12. The fourth-order valence-corrected chi connectivity index (χ4v) is 2.98. The number of aliphatic hydroxyl groups excluding tert-OH is 1. The van der Waals surface area contributed by atoms with Crippen LogP contribution in [0.25, 0.3) is 11.3 Å². The molecule has 0 aromatic carbocycles. The van der Waals surface area contributed by atoms with Gasteiger partial charge in [-0.05, 0) is 26.0 Å². The van der Waals surface area contributed by atoms with Crippen LogP contribution in [0.2, 0.25) is 5.02 Å². The number of aromatic nitrogens is 2. The van der Waals surface area contributed by atoms with Gasteiger partial charge < -0.3 is 14.5 Å². The van der Waals surface area contributed by atoms with Crippen LogP contribution in [0.3, 0.4) is 0 Å². The van der Waals surface area contributed by atoms with Crippen LogP contribution in [-0.4, -0.2) is 40.3 Å². The third kappa shape index (κ3) is 2.86. The zero-order valence-electron chi connectivity index (χ0n) is 12.2. The molecule has 22 heavy (non-hydrogen) atoms. The first kappa shape index (κ1) is 15.4. The Bertz CT molecular complexity index is 669. The predicted octanol–water partition coefficient (Wildman–Crippen LogP) is 2.77. The molecule has 118 valence electrons. The van der Waals surface area contributed by atoms with Crippen molar-refractivity contribution in [3.63, 3.8) is 0 Å². The molecule has 0 unspecified atom stereocenters. The Morgan fingerprint density at radius 3 is 2.73 bits per heavy atom. The number of aliphatic hydroxyl groups is 1. The number of rotatable bonds is 3. The fourth-order valence-electron chi connectivity index (χ4n) is 2.64. The van der Waals surface area contributed by atoms with E-state index < -0.39 is 5.67 Å². The Morgan fingerprint density at radius 1 is 1.41 bits per heavy atom. The normalized spacial score (nSPS) is 18.5. The molecule has 1 N–H and O–H groups in total. The summed E-state index contributed by atoms with van der Waals surface area (Å²) in [6.07, 6.45) is 2.31. The van der Waals surface area contributed by atoms with Crippen LogP contribution in [0, 0.1) is 0 Å². The van der Waals surface area contributed by atoms with Gasteiger partial charge in [-0.3, -0.25) is 4.98 Å². The second-order valence-electron chi connectivity index (χ2n) is 5.66. The summed E-state index contributed by atoms with van der Waals surface area (Å²) in [7, 11) is 1.97. The number of hydrogen-bond acceptors (Lipinski definition) is 5. The smallest absolute Gasteiger partial charge is 0.162 e. The third-order valence-corrected chi connectivity index (χ3v) is 4.34. The lowest BCUT2D eigenvalue weighted by atomic mass is 9.89. The Balaban J connectivity index is 1.89. The Kier molecular flexibility index (Phi) is 4.16. The van der Waals surface area contributed by atoms with Gasteiger partial charge in [0, 0.05) is 30.9 Å². The summed E-state index contributed by atoms with van der Waals surface area (Å²) in [6, 6.07) is 3.25. The number of halogens is 2. The van der Waals surface area contributed by atoms with Gasteiger partial charge in [0.1, 0.15) is 12.3 Å². The molecular formula is C15H17ClFN3O2. The summed E-state index contributed by atoms with van der Waals surface area (Å²) < 4.78 is 20.0. The quantitative estimate of drug-likeness (QED) is 0.940. The van der Waals surface area contributed by atoms with E-state index in [4.69, 9.17) is 21.2 Å². The van der Waals surface area contributed by atoms with Crippen molar-refractivity contribution in [2.45, 2.75) is 25.1 Å². The first-order valence-corrected chi connectivity index (χ1v) is 7.50. The fraction of sp³-hybridized carbons (Fsp3) is 0.467. The van der Waals surface area contributed by atoms with Gasteiger partial charge >= 0.3 is 0 Å². The van der Waals surface area contributed by atoms with Crippen molar-refractivity contribution in [2.75, 3.05) is 20.1 Å². The molecule has 2 aromatic rings. The number of hydrogen-bond donors (Lipinski definition) is 1. The van der Waals surface area contributed by atoms with Crippen molar-refractivity contribution in [2.24, 2.45) is 0 Å². The van der Waals surface area contributed by atoms with Crippen LogP contribution < -0.4 is 0 Å². The van der Waals surface area contributed by atoms with Crippen LogP contribution in [0.4, 0.5) is 4.39 Å². The van der Waals surface area contributed by atoms with Crippen molar-refractivity contribution in [1.82, 2.24) is 15.0 Å². The predicted molar refractivity (Wildman–Crippen MR) is 80.2 cm³/mol. The summed E-state index contributed by atoms with van der Waals surface area (Å²) in [4.78, 5) is 6.33. The minimum absolute atomic E-state index is 0.229.